The fourth-order valence-corrected chi connectivity index (χ4v) is 4.20. The van der Waals surface area contributed by atoms with Crippen LogP contribution in [0.5, 0.6) is 0 Å². The maximum Gasteiger partial charge on any atom is 0.255 e. The Hall–Kier alpha value is -2.57. The first kappa shape index (κ1) is 20.7. The number of anilines is 2. The van der Waals surface area contributed by atoms with Crippen LogP contribution in [0.15, 0.2) is 42.5 Å². The van der Waals surface area contributed by atoms with Gasteiger partial charge in [-0.25, -0.2) is 0 Å². The van der Waals surface area contributed by atoms with E-state index in [-0.39, 0.29) is 11.8 Å². The molecule has 0 saturated carbocycles. The van der Waals surface area contributed by atoms with Gasteiger partial charge < -0.3 is 20.0 Å². The highest BCUT2D eigenvalue weighted by atomic mass is 35.5. The summed E-state index contributed by atoms with van der Waals surface area (Å²) in [6.07, 6.45) is 1.52. The van der Waals surface area contributed by atoms with Crippen molar-refractivity contribution in [2.24, 2.45) is 0 Å². The molecule has 2 aromatic carbocycles. The van der Waals surface area contributed by atoms with Crippen LogP contribution >= 0.6 is 11.6 Å². The molecule has 0 spiro atoms. The quantitative estimate of drug-likeness (QED) is 0.795. The monoisotopic (exact) mass is 426 g/mol. The van der Waals surface area contributed by atoms with Crippen molar-refractivity contribution in [2.75, 3.05) is 50.0 Å². The molecule has 7 heteroatoms. The van der Waals surface area contributed by atoms with Crippen LogP contribution in [0.1, 0.15) is 28.8 Å². The summed E-state index contributed by atoms with van der Waals surface area (Å²) in [6, 6.07) is 13.1. The van der Waals surface area contributed by atoms with Gasteiger partial charge in [0.25, 0.3) is 5.91 Å². The average Bonchev–Trinajstić information content (AvgIpc) is 3.14. The van der Waals surface area contributed by atoms with E-state index in [4.69, 9.17) is 11.6 Å². The van der Waals surface area contributed by atoms with Crippen LogP contribution in [0, 0.1) is 0 Å². The summed E-state index contributed by atoms with van der Waals surface area (Å²) < 4.78 is 0. The second kappa shape index (κ2) is 9.06. The van der Waals surface area contributed by atoms with Gasteiger partial charge in [-0.15, -0.1) is 0 Å². The molecule has 2 fully saturated rings. The number of carbonyl (C=O) groups is 2. The molecule has 2 aliphatic heterocycles. The van der Waals surface area contributed by atoms with Gasteiger partial charge in [0.05, 0.1) is 11.4 Å². The topological polar surface area (TPSA) is 55.9 Å². The van der Waals surface area contributed by atoms with Crippen molar-refractivity contribution in [2.45, 2.75) is 19.4 Å². The van der Waals surface area contributed by atoms with Gasteiger partial charge in [0.1, 0.15) is 0 Å². The Morgan fingerprint density at radius 3 is 2.60 bits per heavy atom. The number of likely N-dealkylation sites (N-methyl/N-ethyl adjacent to an activating group) is 1. The number of benzene rings is 2. The van der Waals surface area contributed by atoms with Crippen molar-refractivity contribution in [1.29, 1.82) is 0 Å². The molecule has 0 radical (unpaired) electrons. The van der Waals surface area contributed by atoms with Crippen LogP contribution < -0.4 is 10.2 Å². The lowest BCUT2D eigenvalue weighted by Gasteiger charge is -2.35. The van der Waals surface area contributed by atoms with Crippen LogP contribution in [0.25, 0.3) is 0 Å². The first-order chi connectivity index (χ1) is 14.5. The summed E-state index contributed by atoms with van der Waals surface area (Å²) in [5.74, 6) is 0.00263. The molecule has 0 aliphatic carbocycles. The molecule has 0 bridgehead atoms. The number of rotatable bonds is 5. The zero-order valence-corrected chi connectivity index (χ0v) is 18.0. The van der Waals surface area contributed by atoms with Gasteiger partial charge in [0, 0.05) is 56.3 Å². The van der Waals surface area contributed by atoms with E-state index in [0.717, 1.165) is 56.1 Å². The van der Waals surface area contributed by atoms with Gasteiger partial charge in [-0.05, 0) is 49.4 Å². The highest BCUT2D eigenvalue weighted by Gasteiger charge is 2.21. The van der Waals surface area contributed by atoms with Crippen LogP contribution in [-0.4, -0.2) is 61.4 Å². The number of hydrogen-bond donors (Lipinski definition) is 1. The predicted molar refractivity (Wildman–Crippen MR) is 120 cm³/mol. The Labute approximate surface area is 182 Å². The van der Waals surface area contributed by atoms with Crippen LogP contribution in [0.2, 0.25) is 5.02 Å². The zero-order valence-electron chi connectivity index (χ0n) is 17.2. The first-order valence-corrected chi connectivity index (χ1v) is 10.8. The van der Waals surface area contributed by atoms with E-state index < -0.39 is 0 Å². The Kier molecular flexibility index (Phi) is 6.25. The Morgan fingerprint density at radius 2 is 1.87 bits per heavy atom. The summed E-state index contributed by atoms with van der Waals surface area (Å²) in [5, 5.41) is 3.63. The highest BCUT2D eigenvalue weighted by Crippen LogP contribution is 2.30. The number of nitrogens with zero attached hydrogens (tertiary/aromatic N) is 3. The van der Waals surface area contributed by atoms with E-state index in [1.165, 1.54) is 0 Å². The molecule has 2 heterocycles. The number of amides is 2. The van der Waals surface area contributed by atoms with Crippen LogP contribution in [0.3, 0.4) is 0 Å². The normalized spacial score (nSPS) is 17.5. The smallest absolute Gasteiger partial charge is 0.255 e. The van der Waals surface area contributed by atoms with Gasteiger partial charge in [-0.2, -0.15) is 0 Å². The van der Waals surface area contributed by atoms with Crippen molar-refractivity contribution in [1.82, 2.24) is 9.80 Å². The molecule has 30 heavy (non-hydrogen) atoms. The fourth-order valence-electron chi connectivity index (χ4n) is 4.03. The summed E-state index contributed by atoms with van der Waals surface area (Å²) in [5.41, 5.74) is 3.24. The van der Waals surface area contributed by atoms with E-state index in [1.807, 2.05) is 35.2 Å². The summed E-state index contributed by atoms with van der Waals surface area (Å²) >= 11 is 6.23. The maximum atomic E-state index is 13.0. The van der Waals surface area contributed by atoms with Crippen molar-refractivity contribution in [3.8, 4) is 0 Å². The third-order valence-corrected chi connectivity index (χ3v) is 6.02. The van der Waals surface area contributed by atoms with Crippen LogP contribution in [-0.2, 0) is 11.3 Å². The van der Waals surface area contributed by atoms with Gasteiger partial charge in [-0.1, -0.05) is 23.7 Å². The van der Waals surface area contributed by atoms with Crippen molar-refractivity contribution >= 4 is 34.8 Å². The minimum atomic E-state index is -0.178. The van der Waals surface area contributed by atoms with E-state index >= 15 is 0 Å². The van der Waals surface area contributed by atoms with Crippen molar-refractivity contribution < 1.29 is 9.59 Å². The molecular weight excluding hydrogens is 400 g/mol. The Bertz CT molecular complexity index is 941. The minimum absolute atomic E-state index is 0.178. The van der Waals surface area contributed by atoms with Crippen molar-refractivity contribution in [3.63, 3.8) is 0 Å². The second-order valence-corrected chi connectivity index (χ2v) is 8.46. The summed E-state index contributed by atoms with van der Waals surface area (Å²) in [4.78, 5) is 31.3. The third kappa shape index (κ3) is 4.77. The number of hydrogen-bond acceptors (Lipinski definition) is 4. The van der Waals surface area contributed by atoms with Crippen LogP contribution in [0.4, 0.5) is 11.4 Å². The van der Waals surface area contributed by atoms with Gasteiger partial charge in [0.2, 0.25) is 5.91 Å². The number of likely N-dealkylation sites (tertiary alicyclic amines) is 1. The summed E-state index contributed by atoms with van der Waals surface area (Å²) in [7, 11) is 2.12. The molecule has 0 atom stereocenters. The predicted octanol–water partition coefficient (Wildman–Crippen LogP) is 3.47. The molecule has 158 valence electrons. The molecule has 2 amide bonds. The third-order valence-electron chi connectivity index (χ3n) is 5.78. The molecule has 2 aromatic rings. The average molecular weight is 427 g/mol. The number of halogens is 1. The van der Waals surface area contributed by atoms with Gasteiger partial charge in [0.15, 0.2) is 0 Å². The molecule has 2 saturated heterocycles. The number of nitrogens with one attached hydrogen (secondary N) is 1. The first-order valence-electron chi connectivity index (χ1n) is 10.4. The molecule has 0 aromatic heterocycles. The lowest BCUT2D eigenvalue weighted by atomic mass is 10.1. The SMILES string of the molecule is CN1CCN(c2ccc(Cl)cc2NC(=O)c2cccc(CN3CCCC3=O)c2)CC1. The molecule has 4 rings (SSSR count). The lowest BCUT2D eigenvalue weighted by Crippen LogP contribution is -2.44. The molecule has 6 nitrogen and oxygen atoms in total. The standard InChI is InChI=1S/C23H27ClN4O2/c1-26-10-12-27(13-11-26)21-8-7-19(24)15-20(21)25-23(30)18-5-2-4-17(14-18)16-28-9-3-6-22(28)29/h2,4-5,7-8,14-15H,3,6,9-13,16H2,1H3,(H,25,30). The van der Waals surface area contributed by atoms with E-state index in [1.54, 1.807) is 12.1 Å². The van der Waals surface area contributed by atoms with Gasteiger partial charge >= 0.3 is 0 Å². The highest BCUT2D eigenvalue weighted by molar-refractivity contribution is 6.31. The maximum absolute atomic E-state index is 13.0. The van der Waals surface area contributed by atoms with Crippen molar-refractivity contribution in [3.05, 3.63) is 58.6 Å². The second-order valence-electron chi connectivity index (χ2n) is 8.03. The fraction of sp³-hybridized carbons (Fsp3) is 0.391. The largest absolute Gasteiger partial charge is 0.367 e. The molecule has 1 N–H and O–H groups in total. The van der Waals surface area contributed by atoms with Gasteiger partial charge in [-0.3, -0.25) is 9.59 Å². The molecule has 2 aliphatic rings. The van der Waals surface area contributed by atoms with E-state index in [0.29, 0.717) is 23.6 Å². The Balaban J connectivity index is 1.50. The lowest BCUT2D eigenvalue weighted by molar-refractivity contribution is -0.128. The summed E-state index contributed by atoms with van der Waals surface area (Å²) in [6.45, 7) is 5.09. The molecular formula is C23H27ClN4O2. The van der Waals surface area contributed by atoms with E-state index in [9.17, 15) is 9.59 Å². The molecule has 0 unspecified atom stereocenters. The Morgan fingerprint density at radius 1 is 1.07 bits per heavy atom. The number of carbonyl (C=O) groups excluding carboxylic acids is 2. The van der Waals surface area contributed by atoms with E-state index in [2.05, 4.69) is 22.2 Å². The zero-order chi connectivity index (χ0) is 21.1. The minimum Gasteiger partial charge on any atom is -0.367 e. The number of piperazine rings is 1.